The van der Waals surface area contributed by atoms with E-state index in [9.17, 15) is 4.79 Å². The number of halogens is 1. The SMILES string of the molecule is Cc1nn(-c2ccccc2)c(Cl)c1C(=O)NC[C@@H]1CCOC1. The van der Waals surface area contributed by atoms with Crippen molar-refractivity contribution in [2.45, 2.75) is 13.3 Å². The van der Waals surface area contributed by atoms with Gasteiger partial charge in [0, 0.05) is 19.1 Å². The van der Waals surface area contributed by atoms with Crippen molar-refractivity contribution in [1.82, 2.24) is 15.1 Å². The summed E-state index contributed by atoms with van der Waals surface area (Å²) in [6.45, 7) is 3.87. The number of rotatable bonds is 4. The Hall–Kier alpha value is -1.85. The van der Waals surface area contributed by atoms with Crippen LogP contribution in [0.5, 0.6) is 0 Å². The predicted octanol–water partition coefficient (Wildman–Crippen LogP) is 2.60. The van der Waals surface area contributed by atoms with Gasteiger partial charge in [-0.2, -0.15) is 5.10 Å². The number of carbonyl (C=O) groups is 1. The molecule has 1 N–H and O–H groups in total. The Morgan fingerprint density at radius 1 is 1.45 bits per heavy atom. The van der Waals surface area contributed by atoms with E-state index in [1.54, 1.807) is 11.6 Å². The summed E-state index contributed by atoms with van der Waals surface area (Å²) in [6.07, 6.45) is 0.982. The van der Waals surface area contributed by atoms with E-state index in [0.29, 0.717) is 35.5 Å². The van der Waals surface area contributed by atoms with Crippen LogP contribution in [-0.2, 0) is 4.74 Å². The molecule has 1 aliphatic rings. The number of hydrogen-bond donors (Lipinski definition) is 1. The van der Waals surface area contributed by atoms with Crippen molar-refractivity contribution in [3.63, 3.8) is 0 Å². The van der Waals surface area contributed by atoms with Crippen molar-refractivity contribution in [3.8, 4) is 5.69 Å². The van der Waals surface area contributed by atoms with Gasteiger partial charge in [0.15, 0.2) is 0 Å². The molecule has 0 aliphatic carbocycles. The van der Waals surface area contributed by atoms with Crippen LogP contribution in [-0.4, -0.2) is 35.4 Å². The second-order valence-corrected chi connectivity index (χ2v) is 5.80. The van der Waals surface area contributed by atoms with Gasteiger partial charge in [-0.15, -0.1) is 0 Å². The summed E-state index contributed by atoms with van der Waals surface area (Å²) in [7, 11) is 0. The Balaban J connectivity index is 1.78. The van der Waals surface area contributed by atoms with Crippen molar-refractivity contribution >= 4 is 17.5 Å². The number of nitrogens with one attached hydrogen (secondary N) is 1. The van der Waals surface area contributed by atoms with Gasteiger partial charge < -0.3 is 10.1 Å². The molecule has 1 amide bonds. The standard InChI is InChI=1S/C16H18ClN3O2/c1-11-14(16(21)18-9-12-7-8-22-10-12)15(17)20(19-11)13-5-3-2-4-6-13/h2-6,12H,7-10H2,1H3,(H,18,21)/t12-/m0/s1. The minimum atomic E-state index is -0.184. The van der Waals surface area contributed by atoms with E-state index >= 15 is 0 Å². The van der Waals surface area contributed by atoms with E-state index in [0.717, 1.165) is 18.7 Å². The Labute approximate surface area is 134 Å². The number of aryl methyl sites for hydroxylation is 1. The zero-order valence-electron chi connectivity index (χ0n) is 12.4. The number of benzene rings is 1. The number of hydrogen-bond acceptors (Lipinski definition) is 3. The molecular weight excluding hydrogens is 302 g/mol. The molecule has 1 aliphatic heterocycles. The molecule has 0 saturated carbocycles. The molecule has 0 radical (unpaired) electrons. The highest BCUT2D eigenvalue weighted by molar-refractivity contribution is 6.33. The number of nitrogens with zero attached hydrogens (tertiary/aromatic N) is 2. The lowest BCUT2D eigenvalue weighted by Gasteiger charge is -2.09. The summed E-state index contributed by atoms with van der Waals surface area (Å²) >= 11 is 6.37. The first-order chi connectivity index (χ1) is 10.7. The number of ether oxygens (including phenoxy) is 1. The summed E-state index contributed by atoms with van der Waals surface area (Å²) < 4.78 is 6.90. The minimum absolute atomic E-state index is 0.184. The van der Waals surface area contributed by atoms with Crippen LogP contribution in [0, 0.1) is 12.8 Å². The van der Waals surface area contributed by atoms with E-state index in [1.165, 1.54) is 0 Å². The molecule has 0 bridgehead atoms. The van der Waals surface area contributed by atoms with Gasteiger partial charge in [0.05, 0.1) is 23.6 Å². The largest absolute Gasteiger partial charge is 0.381 e. The fourth-order valence-electron chi connectivity index (χ4n) is 2.57. The fraction of sp³-hybridized carbons (Fsp3) is 0.375. The van der Waals surface area contributed by atoms with Gasteiger partial charge in [0.25, 0.3) is 5.91 Å². The highest BCUT2D eigenvalue weighted by Crippen LogP contribution is 2.23. The van der Waals surface area contributed by atoms with Crippen LogP contribution in [0.15, 0.2) is 30.3 Å². The van der Waals surface area contributed by atoms with Crippen molar-refractivity contribution < 1.29 is 9.53 Å². The number of amides is 1. The number of para-hydroxylation sites is 1. The average Bonchev–Trinajstić information content (AvgIpc) is 3.14. The van der Waals surface area contributed by atoms with Gasteiger partial charge in [0.2, 0.25) is 0 Å². The molecule has 0 unspecified atom stereocenters. The maximum Gasteiger partial charge on any atom is 0.256 e. The van der Waals surface area contributed by atoms with E-state index in [2.05, 4.69) is 10.4 Å². The third-order valence-corrected chi connectivity index (χ3v) is 4.16. The van der Waals surface area contributed by atoms with Gasteiger partial charge in [-0.3, -0.25) is 4.79 Å². The summed E-state index contributed by atoms with van der Waals surface area (Å²) in [6, 6.07) is 9.53. The van der Waals surface area contributed by atoms with Crippen LogP contribution in [0.4, 0.5) is 0 Å². The molecule has 2 aromatic rings. The van der Waals surface area contributed by atoms with Crippen molar-refractivity contribution in [2.75, 3.05) is 19.8 Å². The second kappa shape index (κ2) is 6.50. The normalized spacial score (nSPS) is 17.6. The summed E-state index contributed by atoms with van der Waals surface area (Å²) in [5, 5.41) is 7.65. The maximum absolute atomic E-state index is 12.4. The Morgan fingerprint density at radius 3 is 2.91 bits per heavy atom. The molecule has 1 fully saturated rings. The van der Waals surface area contributed by atoms with E-state index in [1.807, 2.05) is 30.3 Å². The molecule has 1 saturated heterocycles. The van der Waals surface area contributed by atoms with Crippen molar-refractivity contribution in [1.29, 1.82) is 0 Å². The zero-order chi connectivity index (χ0) is 15.5. The van der Waals surface area contributed by atoms with Crippen LogP contribution in [0.2, 0.25) is 5.15 Å². The summed E-state index contributed by atoms with van der Waals surface area (Å²) in [5.74, 6) is 0.198. The lowest BCUT2D eigenvalue weighted by Crippen LogP contribution is -2.29. The smallest absolute Gasteiger partial charge is 0.256 e. The molecule has 1 atom stereocenters. The zero-order valence-corrected chi connectivity index (χ0v) is 13.1. The highest BCUT2D eigenvalue weighted by atomic mass is 35.5. The number of carbonyl (C=O) groups excluding carboxylic acids is 1. The molecular formula is C16H18ClN3O2. The lowest BCUT2D eigenvalue weighted by atomic mass is 10.1. The average molecular weight is 320 g/mol. The summed E-state index contributed by atoms with van der Waals surface area (Å²) in [4.78, 5) is 12.4. The fourth-order valence-corrected chi connectivity index (χ4v) is 2.93. The monoisotopic (exact) mass is 319 g/mol. The molecule has 3 rings (SSSR count). The highest BCUT2D eigenvalue weighted by Gasteiger charge is 2.22. The maximum atomic E-state index is 12.4. The van der Waals surface area contributed by atoms with Crippen LogP contribution < -0.4 is 5.32 Å². The topological polar surface area (TPSA) is 56.2 Å². The van der Waals surface area contributed by atoms with Crippen LogP contribution in [0.1, 0.15) is 22.5 Å². The quantitative estimate of drug-likeness (QED) is 0.942. The van der Waals surface area contributed by atoms with Gasteiger partial charge in [-0.25, -0.2) is 4.68 Å². The Morgan fingerprint density at radius 2 is 2.23 bits per heavy atom. The van der Waals surface area contributed by atoms with Crippen LogP contribution >= 0.6 is 11.6 Å². The van der Waals surface area contributed by atoms with Gasteiger partial charge in [0.1, 0.15) is 5.15 Å². The van der Waals surface area contributed by atoms with Gasteiger partial charge >= 0.3 is 0 Å². The first kappa shape index (κ1) is 15.1. The molecule has 0 spiro atoms. The summed E-state index contributed by atoms with van der Waals surface area (Å²) in [5.41, 5.74) is 1.89. The molecule has 1 aromatic carbocycles. The molecule has 5 nitrogen and oxygen atoms in total. The minimum Gasteiger partial charge on any atom is -0.381 e. The molecule has 22 heavy (non-hydrogen) atoms. The lowest BCUT2D eigenvalue weighted by molar-refractivity contribution is 0.0944. The molecule has 116 valence electrons. The van der Waals surface area contributed by atoms with Gasteiger partial charge in [-0.05, 0) is 25.5 Å². The molecule has 1 aromatic heterocycles. The third-order valence-electron chi connectivity index (χ3n) is 3.81. The van der Waals surface area contributed by atoms with Crippen LogP contribution in [0.3, 0.4) is 0 Å². The second-order valence-electron chi connectivity index (χ2n) is 5.44. The Kier molecular flexibility index (Phi) is 4.45. The first-order valence-corrected chi connectivity index (χ1v) is 7.71. The van der Waals surface area contributed by atoms with Crippen molar-refractivity contribution in [3.05, 3.63) is 46.7 Å². The van der Waals surface area contributed by atoms with Crippen molar-refractivity contribution in [2.24, 2.45) is 5.92 Å². The van der Waals surface area contributed by atoms with E-state index in [-0.39, 0.29) is 5.91 Å². The van der Waals surface area contributed by atoms with Crippen LogP contribution in [0.25, 0.3) is 5.69 Å². The third kappa shape index (κ3) is 3.00. The van der Waals surface area contributed by atoms with Gasteiger partial charge in [-0.1, -0.05) is 29.8 Å². The van der Waals surface area contributed by atoms with E-state index < -0.39 is 0 Å². The molecule has 2 heterocycles. The molecule has 6 heteroatoms. The predicted molar refractivity (Wildman–Crippen MR) is 84.6 cm³/mol. The van der Waals surface area contributed by atoms with E-state index in [4.69, 9.17) is 16.3 Å². The number of aromatic nitrogens is 2. The Bertz CT molecular complexity index is 664. The first-order valence-electron chi connectivity index (χ1n) is 7.33.